The van der Waals surface area contributed by atoms with Crippen LogP contribution >= 0.6 is 11.8 Å². The first-order valence-corrected chi connectivity index (χ1v) is 13.0. The quantitative estimate of drug-likeness (QED) is 0.463. The van der Waals surface area contributed by atoms with Gasteiger partial charge in [0, 0.05) is 17.6 Å². The van der Waals surface area contributed by atoms with Crippen LogP contribution < -0.4 is 5.32 Å². The molecule has 2 aromatic carbocycles. The summed E-state index contributed by atoms with van der Waals surface area (Å²) in [5.74, 6) is 0.778. The van der Waals surface area contributed by atoms with E-state index in [9.17, 15) is 9.18 Å². The van der Waals surface area contributed by atoms with Gasteiger partial charge in [0.1, 0.15) is 5.82 Å². The van der Waals surface area contributed by atoms with Crippen LogP contribution in [0.3, 0.4) is 0 Å². The fourth-order valence-electron chi connectivity index (χ4n) is 4.62. The van der Waals surface area contributed by atoms with Crippen LogP contribution in [-0.2, 0) is 16.8 Å². The van der Waals surface area contributed by atoms with Crippen molar-refractivity contribution in [1.29, 1.82) is 0 Å². The fourth-order valence-corrected chi connectivity index (χ4v) is 5.42. The van der Waals surface area contributed by atoms with Crippen LogP contribution in [-0.4, -0.2) is 51.0 Å². The molecule has 1 aliphatic heterocycles. The summed E-state index contributed by atoms with van der Waals surface area (Å²) >= 11 is 1.37. The van der Waals surface area contributed by atoms with E-state index in [2.05, 4.69) is 44.7 Å². The maximum Gasteiger partial charge on any atom is 0.230 e. The Balaban J connectivity index is 1.25. The van der Waals surface area contributed by atoms with Crippen molar-refractivity contribution in [2.24, 2.45) is 0 Å². The van der Waals surface area contributed by atoms with Gasteiger partial charge in [0.25, 0.3) is 0 Å². The Morgan fingerprint density at radius 2 is 1.74 bits per heavy atom. The monoisotopic (exact) mass is 479 g/mol. The van der Waals surface area contributed by atoms with Crippen LogP contribution in [0.2, 0.25) is 0 Å². The highest BCUT2D eigenvalue weighted by molar-refractivity contribution is 7.99. The van der Waals surface area contributed by atoms with Crippen LogP contribution in [0.4, 0.5) is 4.39 Å². The number of carbonyl (C=O) groups is 1. The predicted molar refractivity (Wildman–Crippen MR) is 132 cm³/mol. The summed E-state index contributed by atoms with van der Waals surface area (Å²) in [4.78, 5) is 15.1. The maximum absolute atomic E-state index is 13.6. The molecular formula is C26H30FN5OS. The summed E-state index contributed by atoms with van der Waals surface area (Å²) < 4.78 is 15.5. The molecule has 34 heavy (non-hydrogen) atoms. The van der Waals surface area contributed by atoms with Crippen molar-refractivity contribution in [1.82, 2.24) is 25.0 Å². The van der Waals surface area contributed by atoms with Crippen molar-refractivity contribution in [3.05, 3.63) is 71.8 Å². The molecule has 3 aromatic rings. The van der Waals surface area contributed by atoms with E-state index >= 15 is 0 Å². The molecule has 0 radical (unpaired) electrons. The standard InChI is InChI=1S/C26H30FN5OS/c27-21-9-11-22(12-10-21)32-23(17-31-15-5-2-6-16-31)29-30-25(32)34-18-24(33)28-19-26(13-14-26)20-7-3-1-4-8-20/h1,3-4,7-12H,2,5-6,13-19H2,(H,28,33). The molecule has 1 saturated carbocycles. The second-order valence-electron chi connectivity index (χ2n) is 9.26. The van der Waals surface area contributed by atoms with Crippen molar-refractivity contribution < 1.29 is 9.18 Å². The minimum Gasteiger partial charge on any atom is -0.354 e. The summed E-state index contributed by atoms with van der Waals surface area (Å²) in [5.41, 5.74) is 2.18. The number of hydrogen-bond donors (Lipinski definition) is 1. The minimum atomic E-state index is -0.282. The van der Waals surface area contributed by atoms with Gasteiger partial charge in [0.15, 0.2) is 11.0 Å². The zero-order valence-corrected chi connectivity index (χ0v) is 20.1. The topological polar surface area (TPSA) is 63.1 Å². The van der Waals surface area contributed by atoms with Gasteiger partial charge in [-0.25, -0.2) is 4.39 Å². The van der Waals surface area contributed by atoms with Crippen LogP contribution in [0, 0.1) is 5.82 Å². The molecule has 2 heterocycles. The molecule has 2 aliphatic rings. The number of halogens is 1. The Morgan fingerprint density at radius 3 is 2.44 bits per heavy atom. The number of amides is 1. The molecule has 1 aliphatic carbocycles. The number of hydrogen-bond acceptors (Lipinski definition) is 5. The van der Waals surface area contributed by atoms with Gasteiger partial charge < -0.3 is 5.32 Å². The highest BCUT2D eigenvalue weighted by Gasteiger charge is 2.44. The van der Waals surface area contributed by atoms with E-state index in [1.54, 1.807) is 12.1 Å². The van der Waals surface area contributed by atoms with Crippen LogP contribution in [0.25, 0.3) is 5.69 Å². The van der Waals surface area contributed by atoms with Crippen molar-refractivity contribution >= 4 is 17.7 Å². The van der Waals surface area contributed by atoms with Crippen LogP contribution in [0.5, 0.6) is 0 Å². The first-order chi connectivity index (χ1) is 16.6. The summed E-state index contributed by atoms with van der Waals surface area (Å²) in [6, 6.07) is 16.8. The van der Waals surface area contributed by atoms with Gasteiger partial charge in [0.2, 0.25) is 5.91 Å². The lowest BCUT2D eigenvalue weighted by molar-refractivity contribution is -0.118. The third-order valence-electron chi connectivity index (χ3n) is 6.79. The van der Waals surface area contributed by atoms with Crippen molar-refractivity contribution in [2.75, 3.05) is 25.4 Å². The molecule has 0 unspecified atom stereocenters. The number of piperidine rings is 1. The first kappa shape index (κ1) is 23.1. The zero-order valence-electron chi connectivity index (χ0n) is 19.3. The second kappa shape index (κ2) is 10.3. The summed E-state index contributed by atoms with van der Waals surface area (Å²) in [7, 11) is 0. The molecule has 0 spiro atoms. The third-order valence-corrected chi connectivity index (χ3v) is 7.72. The molecule has 0 atom stereocenters. The van der Waals surface area contributed by atoms with Gasteiger partial charge in [-0.05, 0) is 68.6 Å². The molecule has 5 rings (SSSR count). The van der Waals surface area contributed by atoms with Crippen LogP contribution in [0.1, 0.15) is 43.5 Å². The Labute approximate surface area is 203 Å². The molecule has 6 nitrogen and oxygen atoms in total. The highest BCUT2D eigenvalue weighted by atomic mass is 32.2. The number of carbonyl (C=O) groups excluding carboxylic acids is 1. The second-order valence-corrected chi connectivity index (χ2v) is 10.2. The lowest BCUT2D eigenvalue weighted by atomic mass is 9.96. The number of thioether (sulfide) groups is 1. The number of likely N-dealkylation sites (tertiary alicyclic amines) is 1. The number of nitrogens with zero attached hydrogens (tertiary/aromatic N) is 4. The SMILES string of the molecule is O=C(CSc1nnc(CN2CCCCC2)n1-c1ccc(F)cc1)NCC1(c2ccccc2)CC1. The molecule has 178 valence electrons. The van der Waals surface area contributed by atoms with E-state index in [0.29, 0.717) is 18.2 Å². The largest absolute Gasteiger partial charge is 0.354 e. The summed E-state index contributed by atoms with van der Waals surface area (Å²) in [6.45, 7) is 3.44. The van der Waals surface area contributed by atoms with Crippen molar-refractivity contribution in [2.45, 2.75) is 49.2 Å². The highest BCUT2D eigenvalue weighted by Crippen LogP contribution is 2.47. The van der Waals surface area contributed by atoms with Gasteiger partial charge in [-0.15, -0.1) is 10.2 Å². The first-order valence-electron chi connectivity index (χ1n) is 12.0. The smallest absolute Gasteiger partial charge is 0.230 e. The average Bonchev–Trinajstić information content (AvgIpc) is 3.57. The normalized spacial score (nSPS) is 17.4. The van der Waals surface area contributed by atoms with Gasteiger partial charge in [-0.2, -0.15) is 0 Å². The predicted octanol–water partition coefficient (Wildman–Crippen LogP) is 4.33. The lowest BCUT2D eigenvalue weighted by Gasteiger charge is -2.26. The zero-order chi connectivity index (χ0) is 23.4. The Kier molecular flexibility index (Phi) is 6.97. The maximum atomic E-state index is 13.6. The average molecular weight is 480 g/mol. The summed E-state index contributed by atoms with van der Waals surface area (Å²) in [5, 5.41) is 12.6. The van der Waals surface area contributed by atoms with Gasteiger partial charge in [-0.1, -0.05) is 48.5 Å². The Bertz CT molecular complexity index is 1110. The van der Waals surface area contributed by atoms with E-state index in [1.165, 1.54) is 48.7 Å². The molecule has 1 N–H and O–H groups in total. The molecule has 0 bridgehead atoms. The molecule has 1 saturated heterocycles. The lowest BCUT2D eigenvalue weighted by Crippen LogP contribution is -2.33. The molecule has 8 heteroatoms. The van der Waals surface area contributed by atoms with E-state index in [1.807, 2.05) is 10.6 Å². The van der Waals surface area contributed by atoms with Gasteiger partial charge in [0.05, 0.1) is 12.3 Å². The van der Waals surface area contributed by atoms with E-state index in [4.69, 9.17) is 0 Å². The van der Waals surface area contributed by atoms with Crippen molar-refractivity contribution in [3.63, 3.8) is 0 Å². The number of benzene rings is 2. The van der Waals surface area contributed by atoms with Gasteiger partial charge >= 0.3 is 0 Å². The van der Waals surface area contributed by atoms with E-state index < -0.39 is 0 Å². The number of aromatic nitrogens is 3. The third kappa shape index (κ3) is 5.33. The van der Waals surface area contributed by atoms with E-state index in [0.717, 1.165) is 37.4 Å². The Morgan fingerprint density at radius 1 is 1.00 bits per heavy atom. The van der Waals surface area contributed by atoms with Crippen molar-refractivity contribution in [3.8, 4) is 5.69 Å². The molecule has 2 fully saturated rings. The van der Waals surface area contributed by atoms with E-state index in [-0.39, 0.29) is 22.9 Å². The molecule has 1 amide bonds. The fraction of sp³-hybridized carbons (Fsp3) is 0.423. The number of nitrogens with one attached hydrogen (secondary N) is 1. The molecule has 1 aromatic heterocycles. The Hall–Kier alpha value is -2.71. The minimum absolute atomic E-state index is 0.0153. The summed E-state index contributed by atoms with van der Waals surface area (Å²) in [6.07, 6.45) is 5.85. The number of rotatable bonds is 9. The molecular weight excluding hydrogens is 449 g/mol. The van der Waals surface area contributed by atoms with Gasteiger partial charge in [-0.3, -0.25) is 14.3 Å². The van der Waals surface area contributed by atoms with Crippen LogP contribution in [0.15, 0.2) is 59.8 Å².